The maximum Gasteiger partial charge on any atom is 0.188 e. The third kappa shape index (κ3) is 1.40. The Bertz CT molecular complexity index is 393. The molecule has 84 valence electrons. The van der Waals surface area contributed by atoms with Crippen molar-refractivity contribution in [3.05, 3.63) is 11.5 Å². The summed E-state index contributed by atoms with van der Waals surface area (Å²) in [6, 6.07) is 0. The summed E-state index contributed by atoms with van der Waals surface area (Å²) >= 11 is 0. The van der Waals surface area contributed by atoms with Gasteiger partial charge in [-0.3, -0.25) is 0 Å². The number of aromatic nitrogens is 2. The maximum absolute atomic E-state index is 13.6. The summed E-state index contributed by atoms with van der Waals surface area (Å²) in [4.78, 5) is 0. The van der Waals surface area contributed by atoms with E-state index in [0.717, 1.165) is 0 Å². The number of nitrogen functional groups attached to an aromatic ring is 1. The minimum absolute atomic E-state index is 0.0703. The van der Waals surface area contributed by atoms with E-state index in [1.54, 1.807) is 6.92 Å². The minimum atomic E-state index is -1.05. The molecule has 0 spiro atoms. The van der Waals surface area contributed by atoms with Crippen molar-refractivity contribution in [1.29, 1.82) is 0 Å². The number of hydrogen-bond acceptors (Lipinski definition) is 3. The molecule has 1 aliphatic rings. The van der Waals surface area contributed by atoms with Crippen molar-refractivity contribution in [2.75, 3.05) is 12.3 Å². The number of halogens is 2. The van der Waals surface area contributed by atoms with Gasteiger partial charge in [0.1, 0.15) is 11.9 Å². The number of rotatable bonds is 3. The highest BCUT2D eigenvalue weighted by Crippen LogP contribution is 2.51. The molecular weight excluding hydrogens is 204 g/mol. The minimum Gasteiger partial charge on any atom is -0.394 e. The van der Waals surface area contributed by atoms with Crippen molar-refractivity contribution in [1.82, 2.24) is 9.78 Å². The van der Waals surface area contributed by atoms with Crippen molar-refractivity contribution < 1.29 is 13.9 Å². The molecule has 1 aromatic heterocycles. The second-order valence-electron chi connectivity index (χ2n) is 4.08. The van der Waals surface area contributed by atoms with E-state index in [1.165, 1.54) is 4.68 Å². The van der Waals surface area contributed by atoms with E-state index in [2.05, 4.69) is 5.10 Å². The fourth-order valence-corrected chi connectivity index (χ4v) is 1.64. The molecule has 0 saturated heterocycles. The maximum atomic E-state index is 13.6. The average molecular weight is 217 g/mol. The van der Waals surface area contributed by atoms with Crippen LogP contribution in [0.25, 0.3) is 0 Å². The van der Waals surface area contributed by atoms with E-state index in [-0.39, 0.29) is 31.1 Å². The molecule has 2 rings (SSSR count). The second kappa shape index (κ2) is 3.16. The number of hydrogen-bond donors (Lipinski definition) is 2. The topological polar surface area (TPSA) is 64.1 Å². The first-order valence-electron chi connectivity index (χ1n) is 4.78. The van der Waals surface area contributed by atoms with Crippen LogP contribution in [0.3, 0.4) is 0 Å². The van der Waals surface area contributed by atoms with E-state index in [4.69, 9.17) is 10.8 Å². The first-order valence-corrected chi connectivity index (χ1v) is 4.78. The molecule has 1 aromatic rings. The lowest BCUT2D eigenvalue weighted by atomic mass is 10.1. The molecule has 0 bridgehead atoms. The first kappa shape index (κ1) is 10.4. The molecular formula is C9H13F2N3O. The van der Waals surface area contributed by atoms with Gasteiger partial charge in [0.05, 0.1) is 13.2 Å². The van der Waals surface area contributed by atoms with Crippen LogP contribution in [0.2, 0.25) is 0 Å². The second-order valence-corrected chi connectivity index (χ2v) is 4.08. The smallest absolute Gasteiger partial charge is 0.188 e. The Balaban J connectivity index is 2.37. The molecule has 1 saturated carbocycles. The van der Waals surface area contributed by atoms with E-state index in [0.29, 0.717) is 0 Å². The van der Waals surface area contributed by atoms with Gasteiger partial charge in [0.25, 0.3) is 0 Å². The Labute approximate surface area is 85.7 Å². The first-order chi connectivity index (χ1) is 7.00. The molecule has 2 atom stereocenters. The zero-order chi connectivity index (χ0) is 11.2. The van der Waals surface area contributed by atoms with Gasteiger partial charge in [-0.1, -0.05) is 6.92 Å². The van der Waals surface area contributed by atoms with Crippen LogP contribution >= 0.6 is 0 Å². The van der Waals surface area contributed by atoms with E-state index < -0.39 is 17.4 Å². The summed E-state index contributed by atoms with van der Waals surface area (Å²) in [5, 5.41) is 12.6. The van der Waals surface area contributed by atoms with Crippen LogP contribution in [0.15, 0.2) is 0 Å². The predicted octanol–water partition coefficient (Wildman–Crippen LogP) is 0.596. The molecule has 1 fully saturated rings. The van der Waals surface area contributed by atoms with Gasteiger partial charge in [-0.05, 0) is 6.42 Å². The van der Waals surface area contributed by atoms with Gasteiger partial charge in [-0.2, -0.15) is 5.10 Å². The van der Waals surface area contributed by atoms with Gasteiger partial charge in [0, 0.05) is 5.41 Å². The van der Waals surface area contributed by atoms with Crippen LogP contribution in [0, 0.1) is 5.82 Å². The molecule has 6 heteroatoms. The monoisotopic (exact) mass is 217 g/mol. The van der Waals surface area contributed by atoms with Crippen LogP contribution in [-0.2, 0) is 12.0 Å². The van der Waals surface area contributed by atoms with Crippen molar-refractivity contribution in [3.63, 3.8) is 0 Å². The quantitative estimate of drug-likeness (QED) is 0.779. The van der Waals surface area contributed by atoms with Crippen LogP contribution < -0.4 is 5.73 Å². The van der Waals surface area contributed by atoms with Crippen LogP contribution in [0.1, 0.15) is 19.0 Å². The zero-order valence-corrected chi connectivity index (χ0v) is 8.37. The summed E-state index contributed by atoms with van der Waals surface area (Å²) in [6.07, 6.45) is -0.775. The van der Waals surface area contributed by atoms with Crippen LogP contribution in [0.5, 0.6) is 0 Å². The Morgan fingerprint density at radius 1 is 1.73 bits per heavy atom. The molecule has 15 heavy (non-hydrogen) atoms. The number of aliphatic hydroxyl groups is 1. The van der Waals surface area contributed by atoms with Gasteiger partial charge < -0.3 is 10.8 Å². The van der Waals surface area contributed by atoms with Gasteiger partial charge in [0.2, 0.25) is 0 Å². The number of nitrogens with two attached hydrogens (primary N) is 1. The van der Waals surface area contributed by atoms with Gasteiger partial charge in [0.15, 0.2) is 11.6 Å². The van der Waals surface area contributed by atoms with Crippen molar-refractivity contribution >= 4 is 5.82 Å². The molecule has 4 nitrogen and oxygen atoms in total. The van der Waals surface area contributed by atoms with E-state index in [9.17, 15) is 8.78 Å². The zero-order valence-electron chi connectivity index (χ0n) is 8.37. The summed E-state index contributed by atoms with van der Waals surface area (Å²) in [6.45, 7) is 1.56. The molecule has 3 N–H and O–H groups in total. The normalized spacial score (nSPS) is 29.5. The third-order valence-corrected chi connectivity index (χ3v) is 2.92. The molecule has 0 aliphatic heterocycles. The lowest BCUT2D eigenvalue weighted by Crippen LogP contribution is -2.10. The van der Waals surface area contributed by atoms with Gasteiger partial charge >= 0.3 is 0 Å². The lowest BCUT2D eigenvalue weighted by molar-refractivity contribution is 0.269. The molecule has 2 unspecified atom stereocenters. The molecule has 0 amide bonds. The van der Waals surface area contributed by atoms with Gasteiger partial charge in [-0.15, -0.1) is 0 Å². The summed E-state index contributed by atoms with van der Waals surface area (Å²) in [5.41, 5.74) is 4.69. The molecule has 0 radical (unpaired) electrons. The van der Waals surface area contributed by atoms with Crippen molar-refractivity contribution in [3.8, 4) is 0 Å². The summed E-state index contributed by atoms with van der Waals surface area (Å²) in [7, 11) is 0. The Hall–Kier alpha value is -1.17. The fraction of sp³-hybridized carbons (Fsp3) is 0.667. The lowest BCUT2D eigenvalue weighted by Gasteiger charge is -2.02. The molecule has 1 heterocycles. The Kier molecular flexibility index (Phi) is 2.18. The highest BCUT2D eigenvalue weighted by molar-refractivity contribution is 5.40. The van der Waals surface area contributed by atoms with Gasteiger partial charge in [-0.25, -0.2) is 13.5 Å². The Morgan fingerprint density at radius 3 is 2.80 bits per heavy atom. The highest BCUT2D eigenvalue weighted by atomic mass is 19.1. The van der Waals surface area contributed by atoms with E-state index >= 15 is 0 Å². The predicted molar refractivity (Wildman–Crippen MR) is 50.5 cm³/mol. The number of nitrogens with zero attached hydrogens (tertiary/aromatic N) is 2. The van der Waals surface area contributed by atoms with E-state index in [1.807, 2.05) is 0 Å². The number of anilines is 1. The molecule has 1 aliphatic carbocycles. The summed E-state index contributed by atoms with van der Waals surface area (Å²) < 4.78 is 27.8. The third-order valence-electron chi connectivity index (χ3n) is 2.92. The van der Waals surface area contributed by atoms with Crippen LogP contribution in [-0.4, -0.2) is 27.7 Å². The number of aliphatic hydroxyl groups excluding tert-OH is 1. The SMILES string of the molecule is CC1(c2nn(CCO)c(N)c2F)CC1F. The number of alkyl halides is 1. The standard InChI is InChI=1S/C9H13F2N3O/c1-9(4-5(9)10)7-6(11)8(12)14(13-7)2-3-15/h5,15H,2-4,12H2,1H3. The Morgan fingerprint density at radius 2 is 2.33 bits per heavy atom. The van der Waals surface area contributed by atoms with Crippen molar-refractivity contribution in [2.24, 2.45) is 0 Å². The highest BCUT2D eigenvalue weighted by Gasteiger charge is 2.56. The average Bonchev–Trinajstić information content (AvgIpc) is 2.69. The molecule has 0 aromatic carbocycles. The van der Waals surface area contributed by atoms with Crippen LogP contribution in [0.4, 0.5) is 14.6 Å². The summed E-state index contributed by atoms with van der Waals surface area (Å²) in [5.74, 6) is -0.800. The largest absolute Gasteiger partial charge is 0.394 e. The fourth-order valence-electron chi connectivity index (χ4n) is 1.64. The van der Waals surface area contributed by atoms with Crippen molar-refractivity contribution in [2.45, 2.75) is 31.5 Å².